The van der Waals surface area contributed by atoms with Crippen LogP contribution in [-0.4, -0.2) is 26.4 Å². The van der Waals surface area contributed by atoms with Crippen LogP contribution in [0.15, 0.2) is 46.5 Å². The molecule has 0 heterocycles. The highest BCUT2D eigenvalue weighted by atomic mass is 32.1. The molecule has 0 aromatic heterocycles. The Morgan fingerprint density at radius 2 is 2.09 bits per heavy atom. The zero-order valence-corrected chi connectivity index (χ0v) is 14.8. The number of allylic oxidation sites excluding steroid dienone is 1. The Balaban J connectivity index is 0.000000433. The second kappa shape index (κ2) is 11.4. The topological polar surface area (TPSA) is 81.4 Å². The largest absolute Gasteiger partial charge is 0.497 e. The molecule has 0 radical (unpaired) electrons. The fourth-order valence-corrected chi connectivity index (χ4v) is 1.76. The zero-order chi connectivity index (χ0) is 17.8. The van der Waals surface area contributed by atoms with Crippen molar-refractivity contribution in [2.75, 3.05) is 14.2 Å². The van der Waals surface area contributed by atoms with Crippen LogP contribution in [0.5, 0.6) is 5.75 Å². The lowest BCUT2D eigenvalue weighted by molar-refractivity contribution is -0.114. The third-order valence-corrected chi connectivity index (χ3v) is 3.61. The molecule has 0 aliphatic carbocycles. The van der Waals surface area contributed by atoms with Crippen LogP contribution in [0.4, 0.5) is 0 Å². The van der Waals surface area contributed by atoms with Crippen LogP contribution in [0.2, 0.25) is 0 Å². The maximum absolute atomic E-state index is 11.0. The maximum atomic E-state index is 11.0. The van der Waals surface area contributed by atoms with Crippen molar-refractivity contribution >= 4 is 24.8 Å². The number of nitrogens with two attached hydrogens (primary N) is 1. The van der Waals surface area contributed by atoms with Crippen molar-refractivity contribution in [3.63, 3.8) is 0 Å². The number of primary amides is 1. The third-order valence-electron chi connectivity index (χ3n) is 2.96. The molecule has 0 unspecified atom stereocenters. The number of hydrogen-bond donors (Lipinski definition) is 3. The summed E-state index contributed by atoms with van der Waals surface area (Å²) in [6.07, 6.45) is 3.18. The fraction of sp³-hybridized carbons (Fsp3) is 0.294. The van der Waals surface area contributed by atoms with E-state index in [9.17, 15) is 9.59 Å². The second-order valence-corrected chi connectivity index (χ2v) is 5.07. The molecule has 5 nitrogen and oxygen atoms in total. The molecule has 0 bridgehead atoms. The van der Waals surface area contributed by atoms with Crippen molar-refractivity contribution in [3.05, 3.63) is 52.1 Å². The molecule has 0 aliphatic heterocycles. The molecular formula is C17H24N2O3S. The number of benzene rings is 1. The minimum Gasteiger partial charge on any atom is -0.497 e. The van der Waals surface area contributed by atoms with Gasteiger partial charge < -0.3 is 15.8 Å². The lowest BCUT2D eigenvalue weighted by Crippen LogP contribution is -2.17. The molecule has 126 valence electrons. The highest BCUT2D eigenvalue weighted by molar-refractivity contribution is 7.84. The van der Waals surface area contributed by atoms with Crippen LogP contribution in [0.1, 0.15) is 30.6 Å². The van der Waals surface area contributed by atoms with Crippen molar-refractivity contribution < 1.29 is 14.3 Å². The summed E-state index contributed by atoms with van der Waals surface area (Å²) < 4.78 is 4.90. The van der Waals surface area contributed by atoms with E-state index in [0.29, 0.717) is 16.9 Å². The van der Waals surface area contributed by atoms with Gasteiger partial charge in [-0.15, -0.1) is 12.6 Å². The lowest BCUT2D eigenvalue weighted by Gasteiger charge is -2.06. The SMILES string of the molecule is CC/C(S)=C(C)/C(=C/NC)C(N)=O.COc1cccc(C=O)c1. The molecule has 0 saturated carbocycles. The van der Waals surface area contributed by atoms with Crippen molar-refractivity contribution in [3.8, 4) is 5.75 Å². The Labute approximate surface area is 143 Å². The van der Waals surface area contributed by atoms with Gasteiger partial charge in [-0.05, 0) is 36.0 Å². The average Bonchev–Trinajstić information content (AvgIpc) is 2.58. The van der Waals surface area contributed by atoms with Gasteiger partial charge in [0, 0.05) is 18.8 Å². The third kappa shape index (κ3) is 7.56. The molecule has 0 fully saturated rings. The molecule has 1 aromatic rings. The normalized spacial score (nSPS) is 11.6. The van der Waals surface area contributed by atoms with Gasteiger partial charge >= 0.3 is 0 Å². The van der Waals surface area contributed by atoms with Crippen molar-refractivity contribution in [2.24, 2.45) is 5.73 Å². The summed E-state index contributed by atoms with van der Waals surface area (Å²) in [6, 6.07) is 7.00. The smallest absolute Gasteiger partial charge is 0.250 e. The van der Waals surface area contributed by atoms with Crippen LogP contribution in [-0.2, 0) is 4.79 Å². The summed E-state index contributed by atoms with van der Waals surface area (Å²) in [5.41, 5.74) is 7.15. The standard InChI is InChI=1S/C9H16N2OS.C8H8O2/c1-4-8(13)6(2)7(5-11-3)9(10)12;1-10-8-4-2-3-7(5-8)6-9/h5,11,13H,4H2,1-3H3,(H2,10,12);2-6H,1H3/b7-5-,8-6-;. The number of nitrogens with one attached hydrogen (secondary N) is 1. The molecule has 0 atom stereocenters. The Bertz CT molecular complexity index is 595. The van der Waals surface area contributed by atoms with E-state index in [1.807, 2.05) is 13.8 Å². The summed E-state index contributed by atoms with van der Waals surface area (Å²) >= 11 is 4.25. The first-order valence-electron chi connectivity index (χ1n) is 7.06. The second-order valence-electron chi connectivity index (χ2n) is 4.53. The van der Waals surface area contributed by atoms with E-state index in [2.05, 4.69) is 17.9 Å². The van der Waals surface area contributed by atoms with Gasteiger partial charge in [-0.1, -0.05) is 19.1 Å². The Morgan fingerprint density at radius 1 is 1.43 bits per heavy atom. The first kappa shape index (κ1) is 20.8. The Kier molecular flexibility index (Phi) is 10.3. The van der Waals surface area contributed by atoms with E-state index >= 15 is 0 Å². The van der Waals surface area contributed by atoms with Crippen molar-refractivity contribution in [1.82, 2.24) is 5.32 Å². The van der Waals surface area contributed by atoms with E-state index in [1.165, 1.54) is 0 Å². The monoisotopic (exact) mass is 336 g/mol. The van der Waals surface area contributed by atoms with E-state index < -0.39 is 5.91 Å². The molecule has 23 heavy (non-hydrogen) atoms. The first-order valence-corrected chi connectivity index (χ1v) is 7.51. The number of thiol groups is 1. The van der Waals surface area contributed by atoms with Gasteiger partial charge in [0.2, 0.25) is 5.91 Å². The fourth-order valence-electron chi connectivity index (χ4n) is 1.64. The van der Waals surface area contributed by atoms with Gasteiger partial charge in [-0.25, -0.2) is 0 Å². The number of rotatable bonds is 6. The minimum atomic E-state index is -0.438. The Morgan fingerprint density at radius 3 is 2.52 bits per heavy atom. The maximum Gasteiger partial charge on any atom is 0.250 e. The number of amides is 1. The van der Waals surface area contributed by atoms with Crippen LogP contribution < -0.4 is 15.8 Å². The molecule has 3 N–H and O–H groups in total. The molecule has 1 rings (SSSR count). The number of methoxy groups -OCH3 is 1. The van der Waals surface area contributed by atoms with E-state index in [4.69, 9.17) is 10.5 Å². The zero-order valence-electron chi connectivity index (χ0n) is 13.9. The van der Waals surface area contributed by atoms with Crippen LogP contribution in [0.3, 0.4) is 0 Å². The van der Waals surface area contributed by atoms with Gasteiger partial charge in [0.1, 0.15) is 12.0 Å². The summed E-state index contributed by atoms with van der Waals surface area (Å²) in [6.45, 7) is 3.81. The Hall–Kier alpha value is -2.21. The van der Waals surface area contributed by atoms with Crippen LogP contribution in [0, 0.1) is 0 Å². The van der Waals surface area contributed by atoms with Gasteiger partial charge in [0.05, 0.1) is 12.7 Å². The van der Waals surface area contributed by atoms with Gasteiger partial charge in [0.25, 0.3) is 0 Å². The first-order chi connectivity index (χ1) is 10.9. The number of carbonyl (C=O) groups is 2. The van der Waals surface area contributed by atoms with Gasteiger partial charge in [0.15, 0.2) is 0 Å². The number of hydrogen-bond acceptors (Lipinski definition) is 5. The summed E-state index contributed by atoms with van der Waals surface area (Å²) in [7, 11) is 3.30. The molecule has 1 amide bonds. The molecule has 6 heteroatoms. The average molecular weight is 336 g/mol. The number of aldehydes is 1. The summed E-state index contributed by atoms with van der Waals surface area (Å²) in [5, 5.41) is 2.78. The van der Waals surface area contributed by atoms with Crippen molar-refractivity contribution in [2.45, 2.75) is 20.3 Å². The molecule has 0 aliphatic rings. The predicted molar refractivity (Wildman–Crippen MR) is 96.7 cm³/mol. The van der Waals surface area contributed by atoms with Crippen molar-refractivity contribution in [1.29, 1.82) is 0 Å². The predicted octanol–water partition coefficient (Wildman–Crippen LogP) is 2.70. The molecular weight excluding hydrogens is 312 g/mol. The number of ether oxygens (including phenoxy) is 1. The van der Waals surface area contributed by atoms with E-state index in [1.54, 1.807) is 44.6 Å². The highest BCUT2D eigenvalue weighted by Gasteiger charge is 2.08. The van der Waals surface area contributed by atoms with Gasteiger partial charge in [-0.3, -0.25) is 9.59 Å². The number of carbonyl (C=O) groups excluding carboxylic acids is 2. The van der Waals surface area contributed by atoms with Gasteiger partial charge in [-0.2, -0.15) is 0 Å². The molecule has 1 aromatic carbocycles. The highest BCUT2D eigenvalue weighted by Crippen LogP contribution is 2.18. The van der Waals surface area contributed by atoms with E-state index in [-0.39, 0.29) is 0 Å². The lowest BCUT2D eigenvalue weighted by atomic mass is 10.1. The quantitative estimate of drug-likeness (QED) is 0.323. The molecule has 0 saturated heterocycles. The minimum absolute atomic E-state index is 0.438. The molecule has 0 spiro atoms. The van der Waals surface area contributed by atoms with E-state index in [0.717, 1.165) is 23.2 Å². The summed E-state index contributed by atoms with van der Waals surface area (Å²) in [5.74, 6) is 0.274. The summed E-state index contributed by atoms with van der Waals surface area (Å²) in [4.78, 5) is 22.1. The van der Waals surface area contributed by atoms with Crippen LogP contribution >= 0.6 is 12.6 Å². The van der Waals surface area contributed by atoms with Crippen LogP contribution in [0.25, 0.3) is 0 Å².